The normalized spacial score (nSPS) is 50.6. The van der Waals surface area contributed by atoms with Crippen LogP contribution < -0.4 is 0 Å². The maximum Gasteiger partial charge on any atom is 0.170 e. The van der Waals surface area contributed by atoms with Gasteiger partial charge in [0.05, 0.1) is 36.6 Å². The van der Waals surface area contributed by atoms with Crippen LogP contribution in [0.4, 0.5) is 0 Å². The van der Waals surface area contributed by atoms with Gasteiger partial charge in [-0.05, 0) is 138 Å². The molecule has 8 nitrogen and oxygen atoms in total. The number of hydrogen-bond acceptors (Lipinski definition) is 8. The van der Waals surface area contributed by atoms with Gasteiger partial charge in [0.1, 0.15) is 6.10 Å². The Hall–Kier alpha value is -0.320. The van der Waals surface area contributed by atoms with Crippen LogP contribution in [0.15, 0.2) is 0 Å². The molecule has 8 aliphatic rings. The summed E-state index contributed by atoms with van der Waals surface area (Å²) < 4.78 is 26.5. The fourth-order valence-corrected chi connectivity index (χ4v) is 15.2. The zero-order chi connectivity index (χ0) is 36.7. The number of hydrogen-bond donors (Lipinski definition) is 2. The highest BCUT2D eigenvalue weighted by Crippen LogP contribution is 2.89. The minimum atomic E-state index is -1.01. The Morgan fingerprint density at radius 2 is 1.61 bits per heavy atom. The number of fused-ring (bicyclic) bond motifs is 4. The minimum absolute atomic E-state index is 0.0220. The fraction of sp³-hybridized carbons (Fsp3) is 1.00. The van der Waals surface area contributed by atoms with Gasteiger partial charge in [-0.2, -0.15) is 0 Å². The van der Waals surface area contributed by atoms with Crippen molar-refractivity contribution in [3.63, 3.8) is 0 Å². The number of ether oxygens (including phenoxy) is 4. The molecule has 5 aliphatic carbocycles. The molecule has 0 radical (unpaired) electrons. The molecule has 14 atom stereocenters. The van der Waals surface area contributed by atoms with Crippen molar-refractivity contribution in [1.29, 1.82) is 0 Å². The Labute approximate surface area is 310 Å². The van der Waals surface area contributed by atoms with Gasteiger partial charge in [-0.15, -0.1) is 0 Å². The Bertz CT molecular complexity index is 1320. The summed E-state index contributed by atoms with van der Waals surface area (Å²) in [6.07, 6.45) is 8.13. The van der Waals surface area contributed by atoms with E-state index in [-0.39, 0.29) is 46.4 Å². The average Bonchev–Trinajstić information content (AvgIpc) is 3.64. The maximum absolute atomic E-state index is 12.7. The molecule has 3 aliphatic heterocycles. The Morgan fingerprint density at radius 3 is 2.27 bits per heavy atom. The van der Waals surface area contributed by atoms with Gasteiger partial charge in [0.2, 0.25) is 0 Å². The summed E-state index contributed by atoms with van der Waals surface area (Å²) in [5.74, 6) is 1.85. The zero-order valence-corrected chi connectivity index (χ0v) is 34.2. The number of rotatable bonds is 7. The molecule has 0 bridgehead atoms. The summed E-state index contributed by atoms with van der Waals surface area (Å²) in [6, 6.07) is 0.614. The lowest BCUT2D eigenvalue weighted by molar-refractivity contribution is -0.254. The molecule has 3 heterocycles. The van der Waals surface area contributed by atoms with E-state index in [1.807, 2.05) is 20.8 Å². The highest BCUT2D eigenvalue weighted by atomic mass is 16.7. The van der Waals surface area contributed by atoms with Crippen molar-refractivity contribution in [2.45, 2.75) is 182 Å². The SMILES string of the molecule is CCO[C@@H](C1C[C@@H](C)[C@H]2C(O1)[C@H](O)[C@@]1(C)C3CC[C@H]4C(C)(C)[C@@H](O[C@H]5CN(C6CN(C(C)(C)C)C6)CCO5)CCC45CC35CC[C@]21C)C(C)(C)O. The maximum atomic E-state index is 12.7. The van der Waals surface area contributed by atoms with Crippen LogP contribution in [0.5, 0.6) is 0 Å². The second kappa shape index (κ2) is 12.1. The number of aliphatic hydroxyl groups is 2. The topological polar surface area (TPSA) is 83.9 Å². The van der Waals surface area contributed by atoms with Gasteiger partial charge in [-0.25, -0.2) is 0 Å². The molecule has 8 fully saturated rings. The second-order valence-corrected chi connectivity index (χ2v) is 21.7. The van der Waals surface area contributed by atoms with E-state index in [0.717, 1.165) is 45.6 Å². The average molecular weight is 715 g/mol. The molecule has 0 aromatic rings. The standard InChI is InChI=1S/C43H74N2O6/c1-12-48-36(39(8,9)47)28-21-26(2)33-34(50-28)35(46)41(11)30-14-13-29-38(6,7)31(15-16-42(29)25-43(30,42)18-17-40(33,41)10)51-32-24-44(19-20-49-32)27-22-45(23-27)37(3,4)5/h26-36,46-47H,12-25H2,1-11H3/t26-,28?,29+,30?,31+,32+,33+,34?,35+,36+,40-,41-,42?,43?/m1/s1. The predicted molar refractivity (Wildman–Crippen MR) is 199 cm³/mol. The van der Waals surface area contributed by atoms with Crippen LogP contribution in [-0.2, 0) is 18.9 Å². The summed E-state index contributed by atoms with van der Waals surface area (Å²) in [5, 5.41) is 23.8. The van der Waals surface area contributed by atoms with E-state index in [1.165, 1.54) is 38.5 Å². The Kier molecular flexibility index (Phi) is 8.91. The van der Waals surface area contributed by atoms with Crippen molar-refractivity contribution >= 4 is 0 Å². The van der Waals surface area contributed by atoms with Crippen molar-refractivity contribution < 1.29 is 29.2 Å². The van der Waals surface area contributed by atoms with Crippen LogP contribution >= 0.6 is 0 Å². The first kappa shape index (κ1) is 37.6. The van der Waals surface area contributed by atoms with Gasteiger partial charge in [0, 0.05) is 49.8 Å². The Balaban J connectivity index is 0.983. The van der Waals surface area contributed by atoms with Gasteiger partial charge < -0.3 is 29.2 Å². The van der Waals surface area contributed by atoms with Crippen LogP contribution in [0, 0.1) is 50.7 Å². The molecule has 51 heavy (non-hydrogen) atoms. The van der Waals surface area contributed by atoms with Gasteiger partial charge >= 0.3 is 0 Å². The van der Waals surface area contributed by atoms with E-state index in [0.29, 0.717) is 47.2 Å². The minimum Gasteiger partial charge on any atom is -0.390 e. The van der Waals surface area contributed by atoms with E-state index in [1.54, 1.807) is 0 Å². The molecule has 0 aromatic heterocycles. The number of nitrogens with zero attached hydrogens (tertiary/aromatic N) is 2. The second-order valence-electron chi connectivity index (χ2n) is 21.7. The molecule has 5 saturated carbocycles. The van der Waals surface area contributed by atoms with Gasteiger partial charge in [-0.1, -0.05) is 34.6 Å². The monoisotopic (exact) mass is 715 g/mol. The molecule has 0 amide bonds. The lowest BCUT2D eigenvalue weighted by atomic mass is 9.41. The van der Waals surface area contributed by atoms with E-state index in [4.69, 9.17) is 18.9 Å². The molecule has 8 heteroatoms. The molecule has 3 saturated heterocycles. The van der Waals surface area contributed by atoms with E-state index in [9.17, 15) is 10.2 Å². The summed E-state index contributed by atoms with van der Waals surface area (Å²) in [6.45, 7) is 30.5. The van der Waals surface area contributed by atoms with Gasteiger partial charge in [0.15, 0.2) is 6.29 Å². The molecule has 2 spiro atoms. The summed E-state index contributed by atoms with van der Waals surface area (Å²) in [7, 11) is 0. The van der Waals surface area contributed by atoms with Crippen LogP contribution in [0.1, 0.15) is 128 Å². The smallest absolute Gasteiger partial charge is 0.170 e. The molecule has 292 valence electrons. The first-order valence-corrected chi connectivity index (χ1v) is 21.2. The summed E-state index contributed by atoms with van der Waals surface area (Å²) in [5.41, 5.74) is -0.201. The van der Waals surface area contributed by atoms with Gasteiger partial charge in [-0.3, -0.25) is 9.80 Å². The van der Waals surface area contributed by atoms with E-state index < -0.39 is 17.8 Å². The van der Waals surface area contributed by atoms with Crippen molar-refractivity contribution in [3.8, 4) is 0 Å². The lowest BCUT2D eigenvalue weighted by Gasteiger charge is -2.64. The van der Waals surface area contributed by atoms with Crippen LogP contribution in [0.25, 0.3) is 0 Å². The molecule has 5 unspecified atom stereocenters. The quantitative estimate of drug-likeness (QED) is 0.310. The number of aliphatic hydroxyl groups excluding tert-OH is 1. The molecular formula is C43H74N2O6. The van der Waals surface area contributed by atoms with Crippen molar-refractivity contribution in [2.24, 2.45) is 50.7 Å². The third kappa shape index (κ3) is 5.25. The molecule has 0 aromatic carbocycles. The van der Waals surface area contributed by atoms with Crippen molar-refractivity contribution in [1.82, 2.24) is 9.80 Å². The van der Waals surface area contributed by atoms with Crippen molar-refractivity contribution in [2.75, 3.05) is 39.4 Å². The van der Waals surface area contributed by atoms with Crippen LogP contribution in [0.2, 0.25) is 0 Å². The zero-order valence-electron chi connectivity index (χ0n) is 34.2. The third-order valence-corrected chi connectivity index (χ3v) is 17.9. The molecular weight excluding hydrogens is 640 g/mol. The number of morpholine rings is 1. The highest BCUT2D eigenvalue weighted by molar-refractivity contribution is 5.33. The first-order valence-electron chi connectivity index (χ1n) is 21.2. The summed E-state index contributed by atoms with van der Waals surface area (Å²) >= 11 is 0. The van der Waals surface area contributed by atoms with E-state index >= 15 is 0 Å². The third-order valence-electron chi connectivity index (χ3n) is 17.9. The lowest BCUT2D eigenvalue weighted by Crippen LogP contribution is -2.66. The molecule has 8 rings (SSSR count). The predicted octanol–water partition coefficient (Wildman–Crippen LogP) is 6.50. The molecule has 2 N–H and O–H groups in total. The first-order chi connectivity index (χ1) is 23.7. The fourth-order valence-electron chi connectivity index (χ4n) is 15.2. The van der Waals surface area contributed by atoms with E-state index in [2.05, 4.69) is 65.2 Å². The van der Waals surface area contributed by atoms with Crippen molar-refractivity contribution in [3.05, 3.63) is 0 Å². The Morgan fingerprint density at radius 1 is 0.922 bits per heavy atom. The number of likely N-dealkylation sites (tertiary alicyclic amines) is 1. The summed E-state index contributed by atoms with van der Waals surface area (Å²) in [4.78, 5) is 5.22. The van der Waals surface area contributed by atoms with Gasteiger partial charge in [0.25, 0.3) is 0 Å². The van der Waals surface area contributed by atoms with Crippen LogP contribution in [-0.4, -0.2) is 113 Å². The van der Waals surface area contributed by atoms with Crippen LogP contribution in [0.3, 0.4) is 0 Å². The highest BCUT2D eigenvalue weighted by Gasteiger charge is 2.84. The largest absolute Gasteiger partial charge is 0.390 e.